The minimum atomic E-state index is -0.214. The van der Waals surface area contributed by atoms with E-state index in [4.69, 9.17) is 27.8 Å². The Labute approximate surface area is 187 Å². The van der Waals surface area contributed by atoms with Gasteiger partial charge in [0, 0.05) is 33.7 Å². The van der Waals surface area contributed by atoms with E-state index in [-0.39, 0.29) is 10.8 Å². The molecule has 0 saturated heterocycles. The molecule has 1 fully saturated rings. The normalized spacial score (nSPS) is 22.7. The van der Waals surface area contributed by atoms with Crippen LogP contribution >= 0.6 is 0 Å². The minimum absolute atomic E-state index is 0.214. The third kappa shape index (κ3) is 2.71. The van der Waals surface area contributed by atoms with Gasteiger partial charge in [-0.05, 0) is 37.1 Å². The van der Waals surface area contributed by atoms with Crippen LogP contribution < -0.4 is 18.9 Å². The third-order valence-corrected chi connectivity index (χ3v) is 7.48. The Morgan fingerprint density at radius 1 is 0.562 bits per heavy atom. The summed E-state index contributed by atoms with van der Waals surface area (Å²) in [7, 11) is 6.54. The summed E-state index contributed by atoms with van der Waals surface area (Å²) in [5.41, 5.74) is 1.14. The van der Waals surface area contributed by atoms with Gasteiger partial charge in [-0.15, -0.1) is 0 Å². The van der Waals surface area contributed by atoms with Crippen molar-refractivity contribution in [3.8, 4) is 23.0 Å². The molecule has 2 heterocycles. The largest absolute Gasteiger partial charge is 0.493 e. The van der Waals surface area contributed by atoms with Gasteiger partial charge in [-0.2, -0.15) is 0 Å². The first-order valence-electron chi connectivity index (χ1n) is 10.7. The van der Waals surface area contributed by atoms with Crippen LogP contribution in [0, 0.1) is 0 Å². The molecule has 6 nitrogen and oxygen atoms in total. The van der Waals surface area contributed by atoms with E-state index in [0.29, 0.717) is 23.0 Å². The Bertz CT molecular complexity index is 1130. The van der Waals surface area contributed by atoms with Gasteiger partial charge >= 0.3 is 0 Å². The smallest absolute Gasteiger partial charge is 0.164 e. The van der Waals surface area contributed by atoms with Gasteiger partial charge in [0.05, 0.1) is 28.4 Å². The van der Waals surface area contributed by atoms with E-state index in [0.717, 1.165) is 46.3 Å². The molecule has 0 N–H and O–H groups in total. The van der Waals surface area contributed by atoms with Crippen molar-refractivity contribution in [3.05, 3.63) is 47.9 Å². The lowest BCUT2D eigenvalue weighted by Crippen LogP contribution is -2.53. The Morgan fingerprint density at radius 2 is 0.906 bits per heavy atom. The summed E-state index contributed by atoms with van der Waals surface area (Å²) in [6.45, 7) is 4.49. The van der Waals surface area contributed by atoms with Crippen LogP contribution in [0.25, 0.3) is 21.9 Å². The molecule has 0 amide bonds. The lowest BCUT2D eigenvalue weighted by Gasteiger charge is -2.53. The lowest BCUT2D eigenvalue weighted by atomic mass is 9.49. The number of methoxy groups -OCH3 is 4. The number of hydrogen-bond acceptors (Lipinski definition) is 6. The highest BCUT2D eigenvalue weighted by atomic mass is 16.5. The van der Waals surface area contributed by atoms with Crippen LogP contribution in [0.1, 0.15) is 38.2 Å². The van der Waals surface area contributed by atoms with Crippen molar-refractivity contribution in [2.45, 2.75) is 37.5 Å². The quantitative estimate of drug-likeness (QED) is 0.357. The van der Waals surface area contributed by atoms with Gasteiger partial charge in [0.1, 0.15) is 22.7 Å². The molecule has 32 heavy (non-hydrogen) atoms. The van der Waals surface area contributed by atoms with E-state index in [1.165, 1.54) is 0 Å². The number of fused-ring (bicyclic) bond motifs is 2. The zero-order valence-corrected chi connectivity index (χ0v) is 19.3. The summed E-state index contributed by atoms with van der Waals surface area (Å²) in [6, 6.07) is 11.9. The molecule has 0 spiro atoms. The van der Waals surface area contributed by atoms with Crippen LogP contribution in [0.15, 0.2) is 45.2 Å². The van der Waals surface area contributed by atoms with E-state index in [2.05, 4.69) is 26.0 Å². The van der Waals surface area contributed by atoms with Crippen molar-refractivity contribution < 1.29 is 27.8 Å². The molecule has 0 bridgehead atoms. The van der Waals surface area contributed by atoms with Crippen molar-refractivity contribution in [2.24, 2.45) is 0 Å². The van der Waals surface area contributed by atoms with Crippen molar-refractivity contribution in [2.75, 3.05) is 28.4 Å². The second-order valence-electron chi connectivity index (χ2n) is 8.88. The summed E-state index contributed by atoms with van der Waals surface area (Å²) in [6.07, 6.45) is 2.00. The summed E-state index contributed by atoms with van der Waals surface area (Å²) in [5.74, 6) is 4.56. The van der Waals surface area contributed by atoms with E-state index in [1.807, 2.05) is 24.3 Å². The Balaban J connectivity index is 1.59. The second-order valence-corrected chi connectivity index (χ2v) is 8.88. The second kappa shape index (κ2) is 7.12. The van der Waals surface area contributed by atoms with Gasteiger partial charge in [-0.3, -0.25) is 0 Å². The van der Waals surface area contributed by atoms with Crippen molar-refractivity contribution in [3.63, 3.8) is 0 Å². The zero-order chi connectivity index (χ0) is 22.7. The van der Waals surface area contributed by atoms with Gasteiger partial charge in [0.2, 0.25) is 0 Å². The third-order valence-electron chi connectivity index (χ3n) is 7.48. The van der Waals surface area contributed by atoms with Gasteiger partial charge in [-0.1, -0.05) is 13.8 Å². The molecule has 2 aromatic carbocycles. The molecule has 1 aliphatic rings. The maximum Gasteiger partial charge on any atom is 0.164 e. The van der Waals surface area contributed by atoms with Crippen LogP contribution in [0.3, 0.4) is 0 Å². The minimum Gasteiger partial charge on any atom is -0.493 e. The monoisotopic (exact) mass is 436 g/mol. The predicted molar refractivity (Wildman–Crippen MR) is 123 cm³/mol. The molecule has 0 radical (unpaired) electrons. The van der Waals surface area contributed by atoms with Gasteiger partial charge in [-0.25, -0.2) is 0 Å². The maximum atomic E-state index is 6.36. The van der Waals surface area contributed by atoms with E-state index >= 15 is 0 Å². The highest BCUT2D eigenvalue weighted by molar-refractivity contribution is 5.84. The first-order chi connectivity index (χ1) is 15.4. The van der Waals surface area contributed by atoms with E-state index < -0.39 is 0 Å². The molecule has 4 aromatic rings. The van der Waals surface area contributed by atoms with Gasteiger partial charge in [0.25, 0.3) is 0 Å². The lowest BCUT2D eigenvalue weighted by molar-refractivity contribution is 0.0657. The van der Waals surface area contributed by atoms with E-state index in [1.54, 1.807) is 28.4 Å². The van der Waals surface area contributed by atoms with Crippen molar-refractivity contribution in [1.29, 1.82) is 0 Å². The average molecular weight is 437 g/mol. The molecule has 5 rings (SSSR count). The maximum absolute atomic E-state index is 6.36. The fraction of sp³-hybridized carbons (Fsp3) is 0.385. The van der Waals surface area contributed by atoms with Gasteiger partial charge in [0.15, 0.2) is 23.0 Å². The SMILES string of the molecule is COc1cc2cc([C@]3(C)CC[C@@]3(C)c3cc4cc(OC)c(OC)cc4o3)oc2cc1OC. The molecule has 1 saturated carbocycles. The number of ether oxygens (including phenoxy) is 4. The number of rotatable bonds is 6. The number of furan rings is 2. The summed E-state index contributed by atoms with van der Waals surface area (Å²) in [4.78, 5) is 0. The fourth-order valence-electron chi connectivity index (χ4n) is 4.94. The van der Waals surface area contributed by atoms with Crippen LogP contribution in [0.4, 0.5) is 0 Å². The molecular weight excluding hydrogens is 408 g/mol. The highest BCUT2D eigenvalue weighted by Gasteiger charge is 2.58. The number of benzene rings is 2. The Morgan fingerprint density at radius 3 is 1.22 bits per heavy atom. The summed E-state index contributed by atoms with van der Waals surface area (Å²) >= 11 is 0. The first kappa shape index (κ1) is 20.6. The number of hydrogen-bond donors (Lipinski definition) is 0. The average Bonchev–Trinajstić information content (AvgIpc) is 3.43. The van der Waals surface area contributed by atoms with E-state index in [9.17, 15) is 0 Å². The molecule has 1 aliphatic carbocycles. The molecule has 0 aliphatic heterocycles. The van der Waals surface area contributed by atoms with Crippen molar-refractivity contribution >= 4 is 21.9 Å². The molecule has 0 unspecified atom stereocenters. The van der Waals surface area contributed by atoms with Crippen LogP contribution in [0.5, 0.6) is 23.0 Å². The zero-order valence-electron chi connectivity index (χ0n) is 19.3. The standard InChI is InChI=1S/C26H28O6/c1-25(23-11-15-9-19(27-3)21(29-5)13-17(15)31-23)7-8-26(25,2)24-12-16-10-20(28-4)22(30-6)14-18(16)32-24/h9-14H,7-8H2,1-6H3/t25-,26-/m0/s1. The van der Waals surface area contributed by atoms with Crippen LogP contribution in [-0.2, 0) is 10.8 Å². The first-order valence-corrected chi connectivity index (χ1v) is 10.7. The van der Waals surface area contributed by atoms with Crippen LogP contribution in [-0.4, -0.2) is 28.4 Å². The molecule has 2 atom stereocenters. The fourth-order valence-corrected chi connectivity index (χ4v) is 4.94. The van der Waals surface area contributed by atoms with Crippen LogP contribution in [0.2, 0.25) is 0 Å². The van der Waals surface area contributed by atoms with Gasteiger partial charge < -0.3 is 27.8 Å². The van der Waals surface area contributed by atoms with Crippen molar-refractivity contribution in [1.82, 2.24) is 0 Å². The Kier molecular flexibility index (Phi) is 4.59. The molecule has 168 valence electrons. The molecule has 2 aromatic heterocycles. The summed E-state index contributed by atoms with van der Waals surface area (Å²) < 4.78 is 34.5. The molecule has 6 heteroatoms. The predicted octanol–water partition coefficient (Wildman–Crippen LogP) is 6.22. The summed E-state index contributed by atoms with van der Waals surface area (Å²) in [5, 5.41) is 1.99. The highest BCUT2D eigenvalue weighted by Crippen LogP contribution is 2.60. The topological polar surface area (TPSA) is 63.2 Å². The molecular formula is C26H28O6. The Hall–Kier alpha value is -3.28.